The van der Waals surface area contributed by atoms with Crippen molar-refractivity contribution in [2.75, 3.05) is 7.11 Å². The molecule has 1 aliphatic carbocycles. The number of pyridine rings is 1. The van der Waals surface area contributed by atoms with Gasteiger partial charge in [0.15, 0.2) is 0 Å². The summed E-state index contributed by atoms with van der Waals surface area (Å²) in [6.45, 7) is 4.38. The largest absolute Gasteiger partial charge is 0.480 e. The van der Waals surface area contributed by atoms with E-state index in [0.717, 1.165) is 59.2 Å². The van der Waals surface area contributed by atoms with Crippen molar-refractivity contribution in [2.24, 2.45) is 5.92 Å². The molecule has 4 nitrogen and oxygen atoms in total. The number of allylic oxidation sites excluding steroid dienone is 1. The van der Waals surface area contributed by atoms with Crippen LogP contribution in [0.1, 0.15) is 49.3 Å². The Labute approximate surface area is 160 Å². The highest BCUT2D eigenvalue weighted by Crippen LogP contribution is 2.36. The Morgan fingerprint density at radius 3 is 2.85 bits per heavy atom. The Balaban J connectivity index is 1.86. The van der Waals surface area contributed by atoms with Crippen LogP contribution in [0, 0.1) is 5.92 Å². The molecule has 0 aliphatic heterocycles. The number of rotatable bonds is 4. The third-order valence-corrected chi connectivity index (χ3v) is 4.93. The van der Waals surface area contributed by atoms with Gasteiger partial charge in [0.2, 0.25) is 5.88 Å². The number of benzene rings is 1. The molecular formula is C23H25N3O. The van der Waals surface area contributed by atoms with Crippen LogP contribution in [-0.2, 0) is 12.8 Å². The summed E-state index contributed by atoms with van der Waals surface area (Å²) in [5, 5.41) is 1.14. The molecule has 3 aromatic rings. The van der Waals surface area contributed by atoms with Crippen LogP contribution in [-0.4, -0.2) is 22.1 Å². The predicted octanol–water partition coefficient (Wildman–Crippen LogP) is 5.00. The van der Waals surface area contributed by atoms with Gasteiger partial charge >= 0.3 is 0 Å². The lowest BCUT2D eigenvalue weighted by molar-refractivity contribution is 0.391. The third kappa shape index (κ3) is 3.57. The first-order valence-electron chi connectivity index (χ1n) is 9.65. The normalized spacial score (nSPS) is 14.0. The van der Waals surface area contributed by atoms with Crippen LogP contribution < -0.4 is 4.74 Å². The van der Waals surface area contributed by atoms with Gasteiger partial charge in [0.05, 0.1) is 23.9 Å². The third-order valence-electron chi connectivity index (χ3n) is 4.93. The highest BCUT2D eigenvalue weighted by molar-refractivity contribution is 5.89. The molecule has 4 rings (SSSR count). The van der Waals surface area contributed by atoms with Crippen LogP contribution >= 0.6 is 0 Å². The molecule has 1 aliphatic rings. The van der Waals surface area contributed by atoms with Crippen LogP contribution in [0.4, 0.5) is 0 Å². The SMILES string of the molecule is COc1nc(CC(C)C)nc2c1C(c1ccc3ncccc3c1)=CCCC2. The molecule has 0 unspecified atom stereocenters. The molecule has 0 fully saturated rings. The zero-order valence-corrected chi connectivity index (χ0v) is 16.2. The number of nitrogens with zero attached hydrogens (tertiary/aromatic N) is 3. The summed E-state index contributed by atoms with van der Waals surface area (Å²) in [5.74, 6) is 2.08. The average molecular weight is 359 g/mol. The van der Waals surface area contributed by atoms with Crippen LogP contribution in [0.3, 0.4) is 0 Å². The summed E-state index contributed by atoms with van der Waals surface area (Å²) < 4.78 is 5.73. The summed E-state index contributed by atoms with van der Waals surface area (Å²) in [6, 6.07) is 10.5. The molecule has 0 amide bonds. The standard InChI is InChI=1S/C23H25N3O/c1-15(2)13-21-25-20-9-5-4-8-18(22(20)23(26-21)27-3)16-10-11-19-17(14-16)7-6-12-24-19/h6-8,10-12,14-15H,4-5,9,13H2,1-3H3. The minimum atomic E-state index is 0.515. The maximum atomic E-state index is 5.73. The van der Waals surface area contributed by atoms with E-state index in [1.165, 1.54) is 5.57 Å². The van der Waals surface area contributed by atoms with Crippen molar-refractivity contribution in [2.45, 2.75) is 39.5 Å². The van der Waals surface area contributed by atoms with Gasteiger partial charge in [-0.2, -0.15) is 4.98 Å². The lowest BCUT2D eigenvalue weighted by Crippen LogP contribution is -2.09. The van der Waals surface area contributed by atoms with Gasteiger partial charge in [-0.05, 0) is 54.5 Å². The molecule has 0 saturated carbocycles. The van der Waals surface area contributed by atoms with Crippen molar-refractivity contribution < 1.29 is 4.74 Å². The number of hydrogen-bond donors (Lipinski definition) is 0. The predicted molar refractivity (Wildman–Crippen MR) is 109 cm³/mol. The van der Waals surface area contributed by atoms with E-state index in [4.69, 9.17) is 14.7 Å². The van der Waals surface area contributed by atoms with Crippen LogP contribution in [0.25, 0.3) is 16.5 Å². The monoisotopic (exact) mass is 359 g/mol. The van der Waals surface area contributed by atoms with Crippen molar-refractivity contribution in [1.29, 1.82) is 0 Å². The Hall–Kier alpha value is -2.75. The van der Waals surface area contributed by atoms with E-state index in [1.807, 2.05) is 12.3 Å². The lowest BCUT2D eigenvalue weighted by atomic mass is 9.95. The van der Waals surface area contributed by atoms with E-state index in [-0.39, 0.29) is 0 Å². The number of fused-ring (bicyclic) bond motifs is 2. The molecular weight excluding hydrogens is 334 g/mol. The highest BCUT2D eigenvalue weighted by Gasteiger charge is 2.22. The first-order chi connectivity index (χ1) is 13.2. The molecule has 1 aromatic carbocycles. The van der Waals surface area contributed by atoms with Crippen molar-refractivity contribution in [1.82, 2.24) is 15.0 Å². The van der Waals surface area contributed by atoms with Crippen molar-refractivity contribution in [3.05, 3.63) is 65.2 Å². The molecule has 0 saturated heterocycles. The molecule has 0 spiro atoms. The van der Waals surface area contributed by atoms with Crippen LogP contribution in [0.15, 0.2) is 42.6 Å². The van der Waals surface area contributed by atoms with Crippen LogP contribution in [0.2, 0.25) is 0 Å². The minimum absolute atomic E-state index is 0.515. The molecule has 2 heterocycles. The Morgan fingerprint density at radius 1 is 1.15 bits per heavy atom. The van der Waals surface area contributed by atoms with E-state index in [2.05, 4.69) is 49.2 Å². The van der Waals surface area contributed by atoms with Gasteiger partial charge in [-0.1, -0.05) is 32.1 Å². The summed E-state index contributed by atoms with van der Waals surface area (Å²) in [5.41, 5.74) is 5.49. The molecule has 138 valence electrons. The molecule has 0 N–H and O–H groups in total. The van der Waals surface area contributed by atoms with E-state index < -0.39 is 0 Å². The Morgan fingerprint density at radius 2 is 2.04 bits per heavy atom. The fourth-order valence-corrected chi connectivity index (χ4v) is 3.71. The summed E-state index contributed by atoms with van der Waals surface area (Å²) in [7, 11) is 1.70. The fourth-order valence-electron chi connectivity index (χ4n) is 3.71. The minimum Gasteiger partial charge on any atom is -0.480 e. The smallest absolute Gasteiger partial charge is 0.224 e. The zero-order chi connectivity index (χ0) is 18.8. The molecule has 0 atom stereocenters. The fraction of sp³-hybridized carbons (Fsp3) is 0.348. The summed E-state index contributed by atoms with van der Waals surface area (Å²) in [4.78, 5) is 14.1. The van der Waals surface area contributed by atoms with Crippen molar-refractivity contribution in [3.8, 4) is 5.88 Å². The van der Waals surface area contributed by atoms with Gasteiger partial charge in [0.25, 0.3) is 0 Å². The van der Waals surface area contributed by atoms with Crippen LogP contribution in [0.5, 0.6) is 5.88 Å². The van der Waals surface area contributed by atoms with Crippen molar-refractivity contribution in [3.63, 3.8) is 0 Å². The van der Waals surface area contributed by atoms with Gasteiger partial charge in [-0.15, -0.1) is 0 Å². The van der Waals surface area contributed by atoms with E-state index in [9.17, 15) is 0 Å². The molecule has 27 heavy (non-hydrogen) atoms. The second-order valence-corrected chi connectivity index (χ2v) is 7.49. The average Bonchev–Trinajstić information content (AvgIpc) is 2.89. The Kier molecular flexibility index (Phi) is 4.88. The molecule has 4 heteroatoms. The van der Waals surface area contributed by atoms with E-state index >= 15 is 0 Å². The quantitative estimate of drug-likeness (QED) is 0.658. The lowest BCUT2D eigenvalue weighted by Gasteiger charge is -2.16. The van der Waals surface area contributed by atoms with E-state index in [0.29, 0.717) is 11.8 Å². The van der Waals surface area contributed by atoms with E-state index in [1.54, 1.807) is 7.11 Å². The van der Waals surface area contributed by atoms with Gasteiger partial charge < -0.3 is 4.74 Å². The number of hydrogen-bond acceptors (Lipinski definition) is 4. The van der Waals surface area contributed by atoms with Gasteiger partial charge in [0, 0.05) is 18.0 Å². The highest BCUT2D eigenvalue weighted by atomic mass is 16.5. The topological polar surface area (TPSA) is 47.9 Å². The number of aromatic nitrogens is 3. The van der Waals surface area contributed by atoms with Gasteiger partial charge in [0.1, 0.15) is 5.82 Å². The first-order valence-corrected chi connectivity index (χ1v) is 9.65. The Bertz CT molecular complexity index is 1010. The van der Waals surface area contributed by atoms with Crippen molar-refractivity contribution >= 4 is 16.5 Å². The zero-order valence-electron chi connectivity index (χ0n) is 16.2. The molecule has 0 radical (unpaired) electrons. The van der Waals surface area contributed by atoms with Gasteiger partial charge in [-0.3, -0.25) is 4.98 Å². The maximum Gasteiger partial charge on any atom is 0.224 e. The summed E-state index contributed by atoms with van der Waals surface area (Å²) in [6.07, 6.45) is 8.07. The molecule has 2 aromatic heterocycles. The number of ether oxygens (including phenoxy) is 1. The van der Waals surface area contributed by atoms with Gasteiger partial charge in [-0.25, -0.2) is 4.98 Å². The second kappa shape index (κ2) is 7.47. The first kappa shape index (κ1) is 17.7. The molecule has 0 bridgehead atoms. The number of methoxy groups -OCH3 is 1. The second-order valence-electron chi connectivity index (χ2n) is 7.49. The summed E-state index contributed by atoms with van der Waals surface area (Å²) >= 11 is 0. The number of aryl methyl sites for hydroxylation is 1. The maximum absolute atomic E-state index is 5.73.